The number of fused-ring (bicyclic) bond motifs is 2. The van der Waals surface area contributed by atoms with Crippen LogP contribution in [0, 0.1) is 11.6 Å². The molecule has 0 saturated heterocycles. The molecule has 0 aliphatic carbocycles. The summed E-state index contributed by atoms with van der Waals surface area (Å²) < 4.78 is 26.7. The van der Waals surface area contributed by atoms with Crippen LogP contribution in [-0.2, 0) is 0 Å². The van der Waals surface area contributed by atoms with Gasteiger partial charge in [-0.2, -0.15) is 0 Å². The van der Waals surface area contributed by atoms with Gasteiger partial charge in [-0.1, -0.05) is 29.4 Å². The predicted octanol–water partition coefficient (Wildman–Crippen LogP) is 3.56. The number of hydrogen-bond donors (Lipinski definition) is 1. The quantitative estimate of drug-likeness (QED) is 0.484. The molecule has 3 rings (SSSR count). The maximum Gasteiger partial charge on any atom is 0.123 e. The summed E-state index contributed by atoms with van der Waals surface area (Å²) in [7, 11) is 0. The third-order valence-electron chi connectivity index (χ3n) is 3.08. The zero-order valence-corrected chi connectivity index (χ0v) is 9.77. The highest BCUT2D eigenvalue weighted by Gasteiger charge is 2.04. The van der Waals surface area contributed by atoms with E-state index in [1.165, 1.54) is 24.3 Å². The first-order valence-corrected chi connectivity index (χ1v) is 5.69. The summed E-state index contributed by atoms with van der Waals surface area (Å²) in [6.07, 6.45) is 0. The van der Waals surface area contributed by atoms with E-state index in [0.717, 1.165) is 0 Å². The molecule has 2 nitrogen and oxygen atoms in total. The van der Waals surface area contributed by atoms with Gasteiger partial charge in [0.05, 0.1) is 0 Å². The Kier molecular flexibility index (Phi) is 2.63. The number of benzene rings is 2. The van der Waals surface area contributed by atoms with Crippen LogP contribution in [-0.4, -0.2) is 5.21 Å². The van der Waals surface area contributed by atoms with Gasteiger partial charge >= 0.3 is 0 Å². The Morgan fingerprint density at radius 3 is 1.58 bits per heavy atom. The van der Waals surface area contributed by atoms with Crippen molar-refractivity contribution in [3.63, 3.8) is 0 Å². The molecule has 0 aliphatic rings. The van der Waals surface area contributed by atoms with Crippen molar-refractivity contribution in [2.24, 2.45) is 5.16 Å². The minimum atomic E-state index is -0.437. The summed E-state index contributed by atoms with van der Waals surface area (Å²) in [6, 6.07) is 11.9. The van der Waals surface area contributed by atoms with Gasteiger partial charge in [0, 0.05) is 10.8 Å². The standard InChI is InChI=1S/C15H9F2NO/c16-11-5-3-9-1-2-10-4-6-12(17)8-14(10)15(18-19)13(9)7-11/h1-8,19H. The largest absolute Gasteiger partial charge is 0.410 e. The fraction of sp³-hybridized carbons (Fsp3) is 0. The second kappa shape index (κ2) is 4.31. The lowest BCUT2D eigenvalue weighted by molar-refractivity contribution is 0.304. The van der Waals surface area contributed by atoms with E-state index >= 15 is 0 Å². The van der Waals surface area contributed by atoms with E-state index in [1.54, 1.807) is 24.3 Å². The molecule has 0 bridgehead atoms. The van der Waals surface area contributed by atoms with Gasteiger partial charge in [0.2, 0.25) is 0 Å². The fourth-order valence-corrected chi connectivity index (χ4v) is 2.19. The van der Waals surface area contributed by atoms with E-state index in [1.807, 2.05) is 0 Å². The highest BCUT2D eigenvalue weighted by atomic mass is 19.1. The Labute approximate surface area is 107 Å². The molecule has 4 heteroatoms. The van der Waals surface area contributed by atoms with Crippen LogP contribution in [0.3, 0.4) is 0 Å². The van der Waals surface area contributed by atoms with Crippen LogP contribution in [0.4, 0.5) is 8.78 Å². The Morgan fingerprint density at radius 1 is 0.737 bits per heavy atom. The van der Waals surface area contributed by atoms with Gasteiger partial charge in [0.15, 0.2) is 0 Å². The summed E-state index contributed by atoms with van der Waals surface area (Å²) >= 11 is 0. The molecule has 0 fully saturated rings. The minimum absolute atomic E-state index is 0.161. The van der Waals surface area contributed by atoms with Gasteiger partial charge in [-0.15, -0.1) is 0 Å². The molecule has 3 aromatic carbocycles. The minimum Gasteiger partial charge on any atom is -0.410 e. The van der Waals surface area contributed by atoms with Crippen molar-refractivity contribution in [2.45, 2.75) is 0 Å². The SMILES string of the molecule is ON=c1c2cc(F)ccc2ccc2ccc(F)cc12. The normalized spacial score (nSPS) is 10.8. The van der Waals surface area contributed by atoms with Gasteiger partial charge in [0.25, 0.3) is 0 Å². The summed E-state index contributed by atoms with van der Waals surface area (Å²) in [4.78, 5) is 0. The van der Waals surface area contributed by atoms with E-state index in [2.05, 4.69) is 5.16 Å². The molecule has 0 heterocycles. The van der Waals surface area contributed by atoms with Crippen molar-refractivity contribution >= 4 is 21.5 Å². The van der Waals surface area contributed by atoms with E-state index in [0.29, 0.717) is 21.5 Å². The molecule has 3 aromatic rings. The smallest absolute Gasteiger partial charge is 0.123 e. The Bertz CT molecular complexity index is 792. The van der Waals surface area contributed by atoms with Crippen molar-refractivity contribution in [1.82, 2.24) is 0 Å². The monoisotopic (exact) mass is 257 g/mol. The van der Waals surface area contributed by atoms with Crippen LogP contribution in [0.1, 0.15) is 0 Å². The van der Waals surface area contributed by atoms with Crippen LogP contribution in [0.2, 0.25) is 0 Å². The maximum atomic E-state index is 13.4. The van der Waals surface area contributed by atoms with Crippen LogP contribution in [0.15, 0.2) is 53.7 Å². The molecular weight excluding hydrogens is 248 g/mol. The number of hydrogen-bond acceptors (Lipinski definition) is 2. The van der Waals surface area contributed by atoms with Gasteiger partial charge in [-0.05, 0) is 35.0 Å². The lowest BCUT2D eigenvalue weighted by Gasteiger charge is -1.95. The van der Waals surface area contributed by atoms with E-state index in [-0.39, 0.29) is 5.36 Å². The molecule has 0 saturated carbocycles. The molecule has 0 aliphatic heterocycles. The van der Waals surface area contributed by atoms with E-state index in [4.69, 9.17) is 0 Å². The van der Waals surface area contributed by atoms with Crippen LogP contribution in [0.25, 0.3) is 21.5 Å². The average molecular weight is 257 g/mol. The third-order valence-corrected chi connectivity index (χ3v) is 3.08. The topological polar surface area (TPSA) is 32.6 Å². The molecular formula is C15H9F2NO. The molecule has 0 aromatic heterocycles. The Morgan fingerprint density at radius 2 is 1.16 bits per heavy atom. The lowest BCUT2D eigenvalue weighted by Crippen LogP contribution is -2.02. The predicted molar refractivity (Wildman–Crippen MR) is 68.7 cm³/mol. The second-order valence-corrected chi connectivity index (χ2v) is 4.25. The summed E-state index contributed by atoms with van der Waals surface area (Å²) in [5.41, 5.74) is 0. The molecule has 0 atom stereocenters. The van der Waals surface area contributed by atoms with E-state index < -0.39 is 11.6 Å². The molecule has 0 spiro atoms. The van der Waals surface area contributed by atoms with Crippen molar-refractivity contribution in [2.75, 3.05) is 0 Å². The molecule has 0 radical (unpaired) electrons. The van der Waals surface area contributed by atoms with Gasteiger partial charge < -0.3 is 5.21 Å². The summed E-state index contributed by atoms with van der Waals surface area (Å²) in [6.45, 7) is 0. The first-order chi connectivity index (χ1) is 9.19. The lowest BCUT2D eigenvalue weighted by atomic mass is 10.1. The number of halogens is 2. The molecule has 19 heavy (non-hydrogen) atoms. The summed E-state index contributed by atoms with van der Waals surface area (Å²) in [5, 5.41) is 14.9. The molecule has 0 amide bonds. The van der Waals surface area contributed by atoms with Crippen LogP contribution < -0.4 is 5.36 Å². The first kappa shape index (κ1) is 11.6. The third kappa shape index (κ3) is 1.91. The highest BCUT2D eigenvalue weighted by Crippen LogP contribution is 2.17. The molecule has 0 unspecified atom stereocenters. The summed E-state index contributed by atoms with van der Waals surface area (Å²) in [5.74, 6) is -0.874. The number of nitrogens with zero attached hydrogens (tertiary/aromatic N) is 1. The fourth-order valence-electron chi connectivity index (χ4n) is 2.19. The number of rotatable bonds is 0. The average Bonchev–Trinajstić information content (AvgIpc) is 2.54. The van der Waals surface area contributed by atoms with E-state index in [9.17, 15) is 14.0 Å². The van der Waals surface area contributed by atoms with Crippen LogP contribution >= 0.6 is 0 Å². The molecule has 1 N–H and O–H groups in total. The van der Waals surface area contributed by atoms with Crippen molar-refractivity contribution < 1.29 is 14.0 Å². The highest BCUT2D eigenvalue weighted by molar-refractivity contribution is 5.92. The zero-order valence-electron chi connectivity index (χ0n) is 9.77. The van der Waals surface area contributed by atoms with Crippen molar-refractivity contribution in [1.29, 1.82) is 0 Å². The second-order valence-electron chi connectivity index (χ2n) is 4.25. The van der Waals surface area contributed by atoms with Crippen molar-refractivity contribution in [3.8, 4) is 0 Å². The Balaban J connectivity index is 2.67. The van der Waals surface area contributed by atoms with Gasteiger partial charge in [-0.25, -0.2) is 8.78 Å². The van der Waals surface area contributed by atoms with Crippen molar-refractivity contribution in [3.05, 3.63) is 65.5 Å². The zero-order chi connectivity index (χ0) is 13.4. The molecule has 94 valence electrons. The van der Waals surface area contributed by atoms with Crippen LogP contribution in [0.5, 0.6) is 0 Å². The first-order valence-electron chi connectivity index (χ1n) is 5.69. The Hall–Kier alpha value is -2.49. The maximum absolute atomic E-state index is 13.4. The van der Waals surface area contributed by atoms with Gasteiger partial charge in [-0.3, -0.25) is 0 Å². The van der Waals surface area contributed by atoms with Gasteiger partial charge in [0.1, 0.15) is 17.0 Å².